The topological polar surface area (TPSA) is 21.6 Å². The van der Waals surface area contributed by atoms with E-state index >= 15 is 0 Å². The molecule has 0 aromatic heterocycles. The molecule has 2 nitrogen and oxygen atoms in total. The third-order valence-electron chi connectivity index (χ3n) is 3.32. The van der Waals surface area contributed by atoms with Gasteiger partial charge >= 0.3 is 0 Å². The van der Waals surface area contributed by atoms with Gasteiger partial charge < -0.3 is 4.84 Å². The first-order chi connectivity index (χ1) is 6.40. The van der Waals surface area contributed by atoms with Crippen molar-refractivity contribution in [3.63, 3.8) is 0 Å². The summed E-state index contributed by atoms with van der Waals surface area (Å²) in [5, 5.41) is 4.31. The van der Waals surface area contributed by atoms with Gasteiger partial charge in [0.25, 0.3) is 0 Å². The van der Waals surface area contributed by atoms with Crippen LogP contribution in [-0.2, 0) is 4.84 Å². The largest absolute Gasteiger partial charge is 0.393 e. The van der Waals surface area contributed by atoms with E-state index < -0.39 is 0 Å². The Bertz CT molecular complexity index is 196. The summed E-state index contributed by atoms with van der Waals surface area (Å²) in [7, 11) is 0. The van der Waals surface area contributed by atoms with E-state index in [4.69, 9.17) is 4.84 Å². The van der Waals surface area contributed by atoms with Gasteiger partial charge in [0.15, 0.2) is 0 Å². The molecule has 2 aliphatic rings. The summed E-state index contributed by atoms with van der Waals surface area (Å²) in [5.74, 6) is 0.722. The zero-order valence-electron chi connectivity index (χ0n) is 8.46. The van der Waals surface area contributed by atoms with Crippen LogP contribution in [0.5, 0.6) is 0 Å². The van der Waals surface area contributed by atoms with Crippen LogP contribution in [-0.4, -0.2) is 11.8 Å². The molecule has 2 fully saturated rings. The molecule has 2 rings (SSSR count). The third kappa shape index (κ3) is 2.04. The Hall–Kier alpha value is -0.530. The normalized spacial score (nSPS) is 32.1. The van der Waals surface area contributed by atoms with Gasteiger partial charge in [0.05, 0.1) is 5.71 Å². The Morgan fingerprint density at radius 3 is 2.77 bits per heavy atom. The molecule has 0 spiro atoms. The van der Waals surface area contributed by atoms with Crippen LogP contribution in [0.25, 0.3) is 0 Å². The minimum atomic E-state index is 0.450. The molecule has 0 aromatic carbocycles. The highest BCUT2D eigenvalue weighted by Gasteiger charge is 2.23. The van der Waals surface area contributed by atoms with Crippen LogP contribution in [0.2, 0.25) is 0 Å². The van der Waals surface area contributed by atoms with Crippen molar-refractivity contribution in [1.29, 1.82) is 0 Å². The SMILES string of the molecule is CCC1CCC/C1=N\OC1CCC1. The molecule has 2 saturated carbocycles. The quantitative estimate of drug-likeness (QED) is 0.613. The fraction of sp³-hybridized carbons (Fsp3) is 0.909. The second-order valence-corrected chi connectivity index (χ2v) is 4.24. The minimum Gasteiger partial charge on any atom is -0.393 e. The van der Waals surface area contributed by atoms with Gasteiger partial charge in [-0.3, -0.25) is 0 Å². The molecule has 13 heavy (non-hydrogen) atoms. The molecule has 0 aliphatic heterocycles. The second-order valence-electron chi connectivity index (χ2n) is 4.24. The van der Waals surface area contributed by atoms with E-state index in [2.05, 4.69) is 12.1 Å². The second kappa shape index (κ2) is 4.12. The first-order valence-corrected chi connectivity index (χ1v) is 5.62. The predicted octanol–water partition coefficient (Wildman–Crippen LogP) is 3.12. The van der Waals surface area contributed by atoms with Crippen molar-refractivity contribution in [2.24, 2.45) is 11.1 Å². The van der Waals surface area contributed by atoms with Crippen LogP contribution in [0.3, 0.4) is 0 Å². The Kier molecular flexibility index (Phi) is 2.87. The molecule has 2 heteroatoms. The van der Waals surface area contributed by atoms with Crippen LogP contribution in [0, 0.1) is 5.92 Å². The van der Waals surface area contributed by atoms with Crippen molar-refractivity contribution in [2.75, 3.05) is 0 Å². The Labute approximate surface area is 80.3 Å². The molecule has 0 radical (unpaired) electrons. The zero-order valence-corrected chi connectivity index (χ0v) is 8.46. The maximum Gasteiger partial charge on any atom is 0.127 e. The van der Waals surface area contributed by atoms with E-state index in [9.17, 15) is 0 Å². The molecule has 0 N–H and O–H groups in total. The Morgan fingerprint density at radius 1 is 1.31 bits per heavy atom. The molecule has 0 amide bonds. The summed E-state index contributed by atoms with van der Waals surface area (Å²) in [5.41, 5.74) is 1.33. The monoisotopic (exact) mass is 181 g/mol. The lowest BCUT2D eigenvalue weighted by atomic mass is 9.97. The zero-order chi connectivity index (χ0) is 9.10. The van der Waals surface area contributed by atoms with Crippen molar-refractivity contribution < 1.29 is 4.84 Å². The molecule has 0 bridgehead atoms. The molecule has 1 unspecified atom stereocenters. The van der Waals surface area contributed by atoms with Gasteiger partial charge in [0, 0.05) is 5.92 Å². The van der Waals surface area contributed by atoms with E-state index in [1.165, 1.54) is 50.7 Å². The fourth-order valence-electron chi connectivity index (χ4n) is 2.08. The number of rotatable bonds is 3. The van der Waals surface area contributed by atoms with Crippen LogP contribution >= 0.6 is 0 Å². The van der Waals surface area contributed by atoms with Crippen molar-refractivity contribution in [3.05, 3.63) is 0 Å². The summed E-state index contributed by atoms with van der Waals surface area (Å²) in [6, 6.07) is 0. The molecule has 0 saturated heterocycles. The van der Waals surface area contributed by atoms with Gasteiger partial charge in [0.2, 0.25) is 0 Å². The van der Waals surface area contributed by atoms with Gasteiger partial charge in [-0.25, -0.2) is 0 Å². The van der Waals surface area contributed by atoms with Gasteiger partial charge in [-0.2, -0.15) is 0 Å². The highest BCUT2D eigenvalue weighted by atomic mass is 16.6. The summed E-state index contributed by atoms with van der Waals surface area (Å²) in [6.45, 7) is 2.24. The lowest BCUT2D eigenvalue weighted by Crippen LogP contribution is -2.20. The molecule has 74 valence electrons. The summed E-state index contributed by atoms with van der Waals surface area (Å²) in [4.78, 5) is 5.48. The van der Waals surface area contributed by atoms with Crippen LogP contribution in [0.1, 0.15) is 51.9 Å². The minimum absolute atomic E-state index is 0.450. The summed E-state index contributed by atoms with van der Waals surface area (Å²) >= 11 is 0. The van der Waals surface area contributed by atoms with Crippen LogP contribution in [0.4, 0.5) is 0 Å². The maximum absolute atomic E-state index is 5.48. The average molecular weight is 181 g/mol. The third-order valence-corrected chi connectivity index (χ3v) is 3.32. The standard InChI is InChI=1S/C11H19NO/c1-2-9-5-3-8-11(9)12-13-10-6-4-7-10/h9-10H,2-8H2,1H3/b12-11+. The maximum atomic E-state index is 5.48. The first-order valence-electron chi connectivity index (χ1n) is 5.62. The van der Waals surface area contributed by atoms with E-state index in [0.717, 1.165) is 5.92 Å². The van der Waals surface area contributed by atoms with E-state index in [1.54, 1.807) is 0 Å². The van der Waals surface area contributed by atoms with E-state index in [0.29, 0.717) is 6.10 Å². The van der Waals surface area contributed by atoms with E-state index in [-0.39, 0.29) is 0 Å². The highest BCUT2D eigenvalue weighted by molar-refractivity contribution is 5.87. The van der Waals surface area contributed by atoms with Gasteiger partial charge in [-0.15, -0.1) is 0 Å². The van der Waals surface area contributed by atoms with Gasteiger partial charge in [0.1, 0.15) is 6.10 Å². The predicted molar refractivity (Wildman–Crippen MR) is 53.8 cm³/mol. The molecule has 0 heterocycles. The summed E-state index contributed by atoms with van der Waals surface area (Å²) < 4.78 is 0. The number of hydrogen-bond donors (Lipinski definition) is 0. The molecule has 2 aliphatic carbocycles. The average Bonchev–Trinajstić information content (AvgIpc) is 2.49. The molecule has 1 atom stereocenters. The van der Waals surface area contributed by atoms with Crippen molar-refractivity contribution in [2.45, 2.75) is 58.0 Å². The van der Waals surface area contributed by atoms with Crippen LogP contribution in [0.15, 0.2) is 5.16 Å². The highest BCUT2D eigenvalue weighted by Crippen LogP contribution is 2.27. The smallest absolute Gasteiger partial charge is 0.127 e. The van der Waals surface area contributed by atoms with Crippen molar-refractivity contribution in [1.82, 2.24) is 0 Å². The Balaban J connectivity index is 1.82. The molecular formula is C11H19NO. The van der Waals surface area contributed by atoms with E-state index in [1.807, 2.05) is 0 Å². The van der Waals surface area contributed by atoms with Gasteiger partial charge in [-0.05, 0) is 44.9 Å². The van der Waals surface area contributed by atoms with Crippen LogP contribution < -0.4 is 0 Å². The van der Waals surface area contributed by atoms with Crippen molar-refractivity contribution in [3.8, 4) is 0 Å². The van der Waals surface area contributed by atoms with Crippen molar-refractivity contribution >= 4 is 5.71 Å². The lowest BCUT2D eigenvalue weighted by Gasteiger charge is -2.23. The molecular weight excluding hydrogens is 162 g/mol. The molecule has 0 aromatic rings. The Morgan fingerprint density at radius 2 is 2.15 bits per heavy atom. The summed E-state index contributed by atoms with van der Waals surface area (Å²) in [6.07, 6.45) is 9.24. The number of nitrogens with zero attached hydrogens (tertiary/aromatic N) is 1. The number of oxime groups is 1. The van der Waals surface area contributed by atoms with Gasteiger partial charge in [-0.1, -0.05) is 12.1 Å². The fourth-order valence-corrected chi connectivity index (χ4v) is 2.08. The lowest BCUT2D eigenvalue weighted by molar-refractivity contribution is 0.00512. The number of hydrogen-bond acceptors (Lipinski definition) is 2. The first kappa shape index (κ1) is 9.04.